The third-order valence-corrected chi connectivity index (χ3v) is 2.04. The number of carbonyl (C=O) groups excluding carboxylic acids is 1. The number of fused-ring (bicyclic) bond motifs is 1. The molecule has 1 N–H and O–H groups in total. The first-order chi connectivity index (χ1) is 6.70. The Kier molecular flexibility index (Phi) is 1.96. The Morgan fingerprint density at radius 3 is 2.93 bits per heavy atom. The van der Waals surface area contributed by atoms with E-state index in [2.05, 4.69) is 5.32 Å². The van der Waals surface area contributed by atoms with Gasteiger partial charge < -0.3 is 9.72 Å². The van der Waals surface area contributed by atoms with E-state index in [-0.39, 0.29) is 11.7 Å². The van der Waals surface area contributed by atoms with Crippen LogP contribution >= 0.6 is 0 Å². The molecule has 0 unspecified atom stereocenters. The lowest BCUT2D eigenvalue weighted by Gasteiger charge is -1.92. The van der Waals surface area contributed by atoms with Crippen LogP contribution in [-0.4, -0.2) is 17.4 Å². The Hall–Kier alpha value is -1.84. The van der Waals surface area contributed by atoms with Crippen molar-refractivity contribution in [2.75, 3.05) is 7.05 Å². The van der Waals surface area contributed by atoms with Gasteiger partial charge in [-0.25, -0.2) is 4.39 Å². The van der Waals surface area contributed by atoms with Crippen LogP contribution in [0.5, 0.6) is 0 Å². The summed E-state index contributed by atoms with van der Waals surface area (Å²) in [5, 5.41) is 2.51. The molecule has 0 aromatic carbocycles. The highest BCUT2D eigenvalue weighted by Crippen LogP contribution is 2.10. The molecule has 0 saturated carbocycles. The number of pyridine rings is 1. The van der Waals surface area contributed by atoms with Crippen LogP contribution in [0.1, 0.15) is 10.4 Å². The van der Waals surface area contributed by atoms with Crippen LogP contribution in [0.15, 0.2) is 30.6 Å². The summed E-state index contributed by atoms with van der Waals surface area (Å²) >= 11 is 0. The van der Waals surface area contributed by atoms with E-state index < -0.39 is 0 Å². The summed E-state index contributed by atoms with van der Waals surface area (Å²) in [4.78, 5) is 11.2. The molecule has 0 aliphatic heterocycles. The molecule has 2 rings (SSSR count). The van der Waals surface area contributed by atoms with Crippen LogP contribution in [0.4, 0.5) is 4.39 Å². The van der Waals surface area contributed by atoms with Crippen LogP contribution in [0.25, 0.3) is 5.52 Å². The van der Waals surface area contributed by atoms with Gasteiger partial charge in [-0.05, 0) is 18.2 Å². The fraction of sp³-hybridized carbons (Fsp3) is 0.100. The lowest BCUT2D eigenvalue weighted by molar-refractivity contribution is 0.0963. The molecular weight excluding hydrogens is 183 g/mol. The van der Waals surface area contributed by atoms with Gasteiger partial charge in [-0.15, -0.1) is 0 Å². The zero-order valence-corrected chi connectivity index (χ0v) is 7.62. The predicted molar refractivity (Wildman–Crippen MR) is 50.7 cm³/mol. The summed E-state index contributed by atoms with van der Waals surface area (Å²) in [7, 11) is 1.56. The van der Waals surface area contributed by atoms with E-state index in [9.17, 15) is 9.18 Å². The van der Waals surface area contributed by atoms with Crippen LogP contribution in [0.2, 0.25) is 0 Å². The first-order valence-electron chi connectivity index (χ1n) is 4.20. The Bertz CT molecular complexity index is 490. The van der Waals surface area contributed by atoms with Crippen LogP contribution in [0, 0.1) is 5.82 Å². The van der Waals surface area contributed by atoms with Gasteiger partial charge in [-0.3, -0.25) is 4.79 Å². The Labute approximate surface area is 80.2 Å². The first kappa shape index (κ1) is 8.74. The highest BCUT2D eigenvalue weighted by Gasteiger charge is 2.06. The fourth-order valence-electron chi connectivity index (χ4n) is 1.35. The third-order valence-electron chi connectivity index (χ3n) is 2.04. The van der Waals surface area contributed by atoms with E-state index in [0.29, 0.717) is 5.56 Å². The number of nitrogens with one attached hydrogen (secondary N) is 1. The maximum Gasteiger partial charge on any atom is 0.252 e. The molecule has 0 aliphatic carbocycles. The topological polar surface area (TPSA) is 33.5 Å². The van der Waals surface area contributed by atoms with Crippen molar-refractivity contribution in [2.24, 2.45) is 0 Å². The quantitative estimate of drug-likeness (QED) is 0.728. The number of carbonyl (C=O) groups is 1. The predicted octanol–water partition coefficient (Wildman–Crippen LogP) is 1.44. The average molecular weight is 192 g/mol. The zero-order valence-electron chi connectivity index (χ0n) is 7.62. The van der Waals surface area contributed by atoms with Crippen LogP contribution < -0.4 is 5.32 Å². The van der Waals surface area contributed by atoms with Gasteiger partial charge >= 0.3 is 0 Å². The van der Waals surface area contributed by atoms with Gasteiger partial charge in [0.1, 0.15) is 5.82 Å². The molecule has 2 aromatic rings. The molecule has 0 aliphatic rings. The molecule has 1 amide bonds. The highest BCUT2D eigenvalue weighted by atomic mass is 19.1. The number of hydrogen-bond donors (Lipinski definition) is 1. The average Bonchev–Trinajstić information content (AvgIpc) is 2.59. The van der Waals surface area contributed by atoms with Crippen molar-refractivity contribution in [2.45, 2.75) is 0 Å². The molecule has 2 heterocycles. The third kappa shape index (κ3) is 1.35. The van der Waals surface area contributed by atoms with Crippen molar-refractivity contribution in [1.29, 1.82) is 0 Å². The highest BCUT2D eigenvalue weighted by molar-refractivity contribution is 5.95. The summed E-state index contributed by atoms with van der Waals surface area (Å²) in [6, 6.07) is 4.70. The van der Waals surface area contributed by atoms with E-state index in [1.54, 1.807) is 29.8 Å². The molecule has 0 radical (unpaired) electrons. The number of rotatable bonds is 1. The van der Waals surface area contributed by atoms with Crippen molar-refractivity contribution in [1.82, 2.24) is 9.72 Å². The van der Waals surface area contributed by atoms with Crippen molar-refractivity contribution in [3.8, 4) is 0 Å². The minimum atomic E-state index is -0.323. The van der Waals surface area contributed by atoms with Gasteiger partial charge in [0.2, 0.25) is 0 Å². The number of halogens is 1. The number of aromatic nitrogens is 1. The van der Waals surface area contributed by atoms with Crippen LogP contribution in [-0.2, 0) is 0 Å². The second-order valence-corrected chi connectivity index (χ2v) is 2.99. The largest absolute Gasteiger partial charge is 0.355 e. The molecule has 0 bridgehead atoms. The molecule has 3 nitrogen and oxygen atoms in total. The van der Waals surface area contributed by atoms with Gasteiger partial charge in [-0.2, -0.15) is 0 Å². The summed E-state index contributed by atoms with van der Waals surface area (Å²) in [5.41, 5.74) is 1.32. The minimum absolute atomic E-state index is 0.172. The molecule has 0 saturated heterocycles. The van der Waals surface area contributed by atoms with Gasteiger partial charge in [-0.1, -0.05) is 0 Å². The van der Waals surface area contributed by atoms with Crippen molar-refractivity contribution in [3.63, 3.8) is 0 Å². The lowest BCUT2D eigenvalue weighted by atomic mass is 10.3. The summed E-state index contributed by atoms with van der Waals surface area (Å²) in [5.74, 6) is -0.495. The first-order valence-corrected chi connectivity index (χ1v) is 4.20. The second kappa shape index (κ2) is 3.14. The molecule has 4 heteroatoms. The maximum absolute atomic E-state index is 12.8. The van der Waals surface area contributed by atoms with Gasteiger partial charge in [0.05, 0.1) is 5.56 Å². The zero-order chi connectivity index (χ0) is 10.1. The molecule has 72 valence electrons. The summed E-state index contributed by atoms with van der Waals surface area (Å²) in [6.07, 6.45) is 2.93. The normalized spacial score (nSPS) is 10.4. The van der Waals surface area contributed by atoms with E-state index in [1.165, 1.54) is 12.3 Å². The monoisotopic (exact) mass is 192 g/mol. The standard InChI is InChI=1S/C10H9FN2O/c1-12-10(14)7-4-9-3-2-8(11)6-13(9)5-7/h2-6H,1H3,(H,12,14). The van der Waals surface area contributed by atoms with E-state index in [4.69, 9.17) is 0 Å². The van der Waals surface area contributed by atoms with E-state index >= 15 is 0 Å². The summed E-state index contributed by atoms with van der Waals surface area (Å²) < 4.78 is 14.4. The lowest BCUT2D eigenvalue weighted by Crippen LogP contribution is -2.16. The molecule has 0 fully saturated rings. The molecule has 0 atom stereocenters. The van der Waals surface area contributed by atoms with Crippen molar-refractivity contribution in [3.05, 3.63) is 42.0 Å². The number of hydrogen-bond acceptors (Lipinski definition) is 1. The van der Waals surface area contributed by atoms with E-state index in [1.807, 2.05) is 0 Å². The van der Waals surface area contributed by atoms with Crippen LogP contribution in [0.3, 0.4) is 0 Å². The summed E-state index contributed by atoms with van der Waals surface area (Å²) in [6.45, 7) is 0. The van der Waals surface area contributed by atoms with Gasteiger partial charge in [0.15, 0.2) is 0 Å². The number of nitrogens with zero attached hydrogens (tertiary/aromatic N) is 1. The fourth-order valence-corrected chi connectivity index (χ4v) is 1.35. The minimum Gasteiger partial charge on any atom is -0.355 e. The molecule has 2 aromatic heterocycles. The van der Waals surface area contributed by atoms with Gasteiger partial charge in [0, 0.05) is 25.0 Å². The maximum atomic E-state index is 12.8. The Morgan fingerprint density at radius 1 is 1.43 bits per heavy atom. The smallest absolute Gasteiger partial charge is 0.252 e. The number of amides is 1. The van der Waals surface area contributed by atoms with Crippen molar-refractivity contribution >= 4 is 11.4 Å². The molecular formula is C10H9FN2O. The Morgan fingerprint density at radius 2 is 2.21 bits per heavy atom. The second-order valence-electron chi connectivity index (χ2n) is 2.99. The molecule has 14 heavy (non-hydrogen) atoms. The Balaban J connectivity index is 2.56. The molecule has 0 spiro atoms. The van der Waals surface area contributed by atoms with Gasteiger partial charge in [0.25, 0.3) is 5.91 Å². The van der Waals surface area contributed by atoms with E-state index in [0.717, 1.165) is 5.52 Å². The SMILES string of the molecule is CNC(=O)c1cc2ccc(F)cn2c1. The van der Waals surface area contributed by atoms with Crippen molar-refractivity contribution < 1.29 is 9.18 Å².